The van der Waals surface area contributed by atoms with Crippen LogP contribution in [0.1, 0.15) is 30.5 Å². The van der Waals surface area contributed by atoms with Crippen molar-refractivity contribution in [1.29, 1.82) is 0 Å². The van der Waals surface area contributed by atoms with Crippen LogP contribution in [0.3, 0.4) is 0 Å². The number of halogens is 4. The van der Waals surface area contributed by atoms with Crippen LogP contribution in [-0.4, -0.2) is 6.54 Å². The maximum atomic E-state index is 14.2. The van der Waals surface area contributed by atoms with Gasteiger partial charge in [-0.3, -0.25) is 0 Å². The molecule has 0 heterocycles. The van der Waals surface area contributed by atoms with Gasteiger partial charge in [0.25, 0.3) is 0 Å². The monoisotopic (exact) mass is 373 g/mol. The molecule has 2 rings (SSSR count). The Labute approximate surface area is 136 Å². The third-order valence-electron chi connectivity index (χ3n) is 3.11. The Kier molecular flexibility index (Phi) is 5.73. The first-order chi connectivity index (χ1) is 10.0. The fourth-order valence-electron chi connectivity index (χ4n) is 2.19. The van der Waals surface area contributed by atoms with E-state index in [9.17, 15) is 8.78 Å². The highest BCUT2D eigenvalue weighted by Gasteiger charge is 2.22. The maximum absolute atomic E-state index is 14.2. The van der Waals surface area contributed by atoms with Gasteiger partial charge < -0.3 is 5.32 Å². The molecule has 0 aliphatic heterocycles. The molecule has 0 fully saturated rings. The zero-order valence-electron chi connectivity index (χ0n) is 11.5. The molecule has 0 saturated heterocycles. The molecular weight excluding hydrogens is 360 g/mol. The number of hydrogen-bond donors (Lipinski definition) is 1. The van der Waals surface area contributed by atoms with Crippen molar-refractivity contribution >= 4 is 27.5 Å². The van der Waals surface area contributed by atoms with Gasteiger partial charge >= 0.3 is 0 Å². The minimum atomic E-state index is -0.588. The van der Waals surface area contributed by atoms with Crippen LogP contribution in [-0.2, 0) is 0 Å². The van der Waals surface area contributed by atoms with Crippen LogP contribution in [0.25, 0.3) is 0 Å². The predicted octanol–water partition coefficient (Wildman–Crippen LogP) is 5.47. The van der Waals surface area contributed by atoms with Crippen LogP contribution in [0.4, 0.5) is 8.78 Å². The SMILES string of the molecule is CCCNC(c1cccc(Cl)c1)c1c(F)cc(Br)cc1F. The van der Waals surface area contributed by atoms with Crippen LogP contribution in [0, 0.1) is 11.6 Å². The van der Waals surface area contributed by atoms with Crippen LogP contribution in [0.15, 0.2) is 40.9 Å². The van der Waals surface area contributed by atoms with Crippen molar-refractivity contribution in [2.45, 2.75) is 19.4 Å². The molecule has 5 heteroatoms. The molecule has 0 aliphatic carbocycles. The third-order valence-corrected chi connectivity index (χ3v) is 3.81. The fraction of sp³-hybridized carbons (Fsp3) is 0.250. The van der Waals surface area contributed by atoms with Crippen LogP contribution in [0.5, 0.6) is 0 Å². The zero-order valence-corrected chi connectivity index (χ0v) is 13.8. The van der Waals surface area contributed by atoms with E-state index >= 15 is 0 Å². The Hall–Kier alpha value is -0.970. The second kappa shape index (κ2) is 7.34. The van der Waals surface area contributed by atoms with Crippen molar-refractivity contribution in [3.63, 3.8) is 0 Å². The van der Waals surface area contributed by atoms with Crippen molar-refractivity contribution in [2.75, 3.05) is 6.54 Å². The second-order valence-corrected chi connectivity index (χ2v) is 6.08. The van der Waals surface area contributed by atoms with E-state index in [2.05, 4.69) is 21.2 Å². The van der Waals surface area contributed by atoms with Crippen LogP contribution < -0.4 is 5.32 Å². The summed E-state index contributed by atoms with van der Waals surface area (Å²) in [5.41, 5.74) is 0.741. The summed E-state index contributed by atoms with van der Waals surface area (Å²) < 4.78 is 28.8. The predicted molar refractivity (Wildman–Crippen MR) is 85.6 cm³/mol. The molecule has 0 radical (unpaired) electrons. The molecule has 21 heavy (non-hydrogen) atoms. The van der Waals surface area contributed by atoms with Gasteiger partial charge in [0.15, 0.2) is 0 Å². The second-order valence-electron chi connectivity index (χ2n) is 4.73. The quantitative estimate of drug-likeness (QED) is 0.732. The van der Waals surface area contributed by atoms with Gasteiger partial charge in [0.1, 0.15) is 11.6 Å². The number of hydrogen-bond acceptors (Lipinski definition) is 1. The van der Waals surface area contributed by atoms with Gasteiger partial charge in [-0.15, -0.1) is 0 Å². The van der Waals surface area contributed by atoms with Gasteiger partial charge in [-0.2, -0.15) is 0 Å². The van der Waals surface area contributed by atoms with E-state index in [-0.39, 0.29) is 5.56 Å². The molecule has 1 N–H and O–H groups in total. The fourth-order valence-corrected chi connectivity index (χ4v) is 2.79. The highest BCUT2D eigenvalue weighted by molar-refractivity contribution is 9.10. The number of benzene rings is 2. The lowest BCUT2D eigenvalue weighted by atomic mass is 9.97. The molecule has 1 unspecified atom stereocenters. The molecule has 0 aromatic heterocycles. The molecule has 2 aromatic rings. The molecule has 0 saturated carbocycles. The Bertz CT molecular complexity index is 610. The molecule has 1 atom stereocenters. The van der Waals surface area contributed by atoms with E-state index in [0.717, 1.165) is 12.0 Å². The van der Waals surface area contributed by atoms with E-state index in [1.807, 2.05) is 6.92 Å². The molecule has 112 valence electrons. The summed E-state index contributed by atoms with van der Waals surface area (Å²) in [6, 6.07) is 8.99. The van der Waals surface area contributed by atoms with Gasteiger partial charge in [0.05, 0.1) is 6.04 Å². The van der Waals surface area contributed by atoms with E-state index in [1.165, 1.54) is 12.1 Å². The van der Waals surface area contributed by atoms with Crippen molar-refractivity contribution in [1.82, 2.24) is 5.32 Å². The summed E-state index contributed by atoms with van der Waals surface area (Å²) in [4.78, 5) is 0. The van der Waals surface area contributed by atoms with Gasteiger partial charge in [0, 0.05) is 15.1 Å². The molecule has 0 amide bonds. The molecule has 1 nitrogen and oxygen atoms in total. The Balaban J connectivity index is 2.50. The smallest absolute Gasteiger partial charge is 0.132 e. The van der Waals surface area contributed by atoms with Crippen molar-refractivity contribution in [3.8, 4) is 0 Å². The summed E-state index contributed by atoms with van der Waals surface area (Å²) in [6.45, 7) is 2.64. The van der Waals surface area contributed by atoms with E-state index < -0.39 is 17.7 Å². The first-order valence-corrected chi connectivity index (χ1v) is 7.83. The summed E-state index contributed by atoms with van der Waals surface area (Å²) in [6.07, 6.45) is 0.858. The van der Waals surface area contributed by atoms with E-state index in [4.69, 9.17) is 11.6 Å². The lowest BCUT2D eigenvalue weighted by Crippen LogP contribution is -2.25. The van der Waals surface area contributed by atoms with Gasteiger partial charge in [-0.05, 0) is 42.8 Å². The highest BCUT2D eigenvalue weighted by atomic mass is 79.9. The summed E-state index contributed by atoms with van der Waals surface area (Å²) in [5, 5.41) is 3.71. The molecule has 0 bridgehead atoms. The molecule has 0 spiro atoms. The maximum Gasteiger partial charge on any atom is 0.132 e. The molecule has 0 aliphatic rings. The normalized spacial score (nSPS) is 12.4. The minimum Gasteiger partial charge on any atom is -0.306 e. The summed E-state index contributed by atoms with van der Waals surface area (Å²) >= 11 is 9.09. The summed E-state index contributed by atoms with van der Waals surface area (Å²) in [7, 11) is 0. The van der Waals surface area contributed by atoms with E-state index in [0.29, 0.717) is 16.0 Å². The van der Waals surface area contributed by atoms with Crippen molar-refractivity contribution < 1.29 is 8.78 Å². The average Bonchev–Trinajstić information content (AvgIpc) is 2.41. The standard InChI is InChI=1S/C16H15BrClF2N/c1-2-6-21-16(10-4-3-5-12(18)7-10)15-13(19)8-11(17)9-14(15)20/h3-5,7-9,16,21H,2,6H2,1H3. The number of rotatable bonds is 5. The van der Waals surface area contributed by atoms with E-state index in [1.54, 1.807) is 24.3 Å². The van der Waals surface area contributed by atoms with Crippen molar-refractivity contribution in [2.24, 2.45) is 0 Å². The van der Waals surface area contributed by atoms with Crippen molar-refractivity contribution in [3.05, 3.63) is 68.7 Å². The zero-order chi connectivity index (χ0) is 15.4. The molecule has 2 aromatic carbocycles. The van der Waals surface area contributed by atoms with Gasteiger partial charge in [0.2, 0.25) is 0 Å². The lowest BCUT2D eigenvalue weighted by molar-refractivity contribution is 0.502. The largest absolute Gasteiger partial charge is 0.306 e. The van der Waals surface area contributed by atoms with Crippen LogP contribution in [0.2, 0.25) is 5.02 Å². The van der Waals surface area contributed by atoms with Gasteiger partial charge in [-0.1, -0.05) is 46.6 Å². The first-order valence-electron chi connectivity index (χ1n) is 6.66. The first kappa shape index (κ1) is 16.4. The molecular formula is C16H15BrClF2N. The summed E-state index contributed by atoms with van der Waals surface area (Å²) in [5.74, 6) is -1.18. The Morgan fingerprint density at radius 3 is 2.43 bits per heavy atom. The topological polar surface area (TPSA) is 12.0 Å². The Morgan fingerprint density at radius 2 is 1.86 bits per heavy atom. The third kappa shape index (κ3) is 4.02. The van der Waals surface area contributed by atoms with Crippen LogP contribution >= 0.6 is 27.5 Å². The Morgan fingerprint density at radius 1 is 1.19 bits per heavy atom. The highest BCUT2D eigenvalue weighted by Crippen LogP contribution is 2.30. The van der Waals surface area contributed by atoms with Gasteiger partial charge in [-0.25, -0.2) is 8.78 Å². The number of nitrogens with one attached hydrogen (secondary N) is 1. The minimum absolute atomic E-state index is 0.00826. The lowest BCUT2D eigenvalue weighted by Gasteiger charge is -2.21. The average molecular weight is 375 g/mol.